The van der Waals surface area contributed by atoms with Gasteiger partial charge in [-0.3, -0.25) is 4.79 Å². The molecule has 1 amide bonds. The monoisotopic (exact) mass is 276 g/mol. The zero-order chi connectivity index (χ0) is 13.7. The molecule has 1 N–H and O–H groups in total. The van der Waals surface area contributed by atoms with E-state index in [0.717, 1.165) is 18.0 Å². The van der Waals surface area contributed by atoms with Gasteiger partial charge in [-0.15, -0.1) is 11.3 Å². The molecule has 0 unspecified atom stereocenters. The average Bonchev–Trinajstić information content (AvgIpc) is 2.97. The third-order valence-corrected chi connectivity index (χ3v) is 3.60. The molecule has 0 fully saturated rings. The number of amides is 1. The third-order valence-electron chi connectivity index (χ3n) is 2.76. The van der Waals surface area contributed by atoms with Crippen LogP contribution in [0.2, 0.25) is 0 Å². The Morgan fingerprint density at radius 1 is 1.42 bits per heavy atom. The van der Waals surface area contributed by atoms with Crippen LogP contribution in [0.15, 0.2) is 29.9 Å². The molecule has 2 heterocycles. The Labute approximate surface area is 116 Å². The fourth-order valence-corrected chi connectivity index (χ4v) is 2.37. The Morgan fingerprint density at radius 3 is 2.95 bits per heavy atom. The Bertz CT molecular complexity index is 541. The van der Waals surface area contributed by atoms with E-state index in [1.54, 1.807) is 42.9 Å². The van der Waals surface area contributed by atoms with Crippen LogP contribution in [0.4, 0.5) is 5.82 Å². The second-order valence-electron chi connectivity index (χ2n) is 4.05. The van der Waals surface area contributed by atoms with Crippen molar-refractivity contribution in [2.45, 2.75) is 6.42 Å². The fraction of sp³-hybridized carbons (Fsp3) is 0.308. The summed E-state index contributed by atoms with van der Waals surface area (Å²) in [6.07, 6.45) is 4.34. The van der Waals surface area contributed by atoms with Crippen molar-refractivity contribution in [3.8, 4) is 0 Å². The van der Waals surface area contributed by atoms with Crippen LogP contribution in [0.3, 0.4) is 0 Å². The molecule has 6 heteroatoms. The lowest BCUT2D eigenvalue weighted by atomic mass is 10.2. The number of aromatic nitrogens is 2. The van der Waals surface area contributed by atoms with E-state index in [1.807, 2.05) is 17.3 Å². The van der Waals surface area contributed by atoms with E-state index in [-0.39, 0.29) is 5.91 Å². The quantitative estimate of drug-likeness (QED) is 0.900. The number of thiazole rings is 1. The molecule has 0 bridgehead atoms. The number of carbonyl (C=O) groups is 1. The molecule has 0 aliphatic rings. The summed E-state index contributed by atoms with van der Waals surface area (Å²) in [6, 6.07) is 3.55. The van der Waals surface area contributed by atoms with E-state index in [4.69, 9.17) is 0 Å². The van der Waals surface area contributed by atoms with Crippen LogP contribution >= 0.6 is 11.3 Å². The van der Waals surface area contributed by atoms with Crippen molar-refractivity contribution in [3.63, 3.8) is 0 Å². The number of anilines is 1. The van der Waals surface area contributed by atoms with Gasteiger partial charge in [-0.2, -0.15) is 0 Å². The highest BCUT2D eigenvalue weighted by Gasteiger charge is 2.14. The largest absolute Gasteiger partial charge is 0.359 e. The van der Waals surface area contributed by atoms with Crippen molar-refractivity contribution in [3.05, 3.63) is 40.5 Å². The lowest BCUT2D eigenvalue weighted by molar-refractivity contribution is 0.0963. The van der Waals surface area contributed by atoms with Gasteiger partial charge in [-0.25, -0.2) is 9.97 Å². The van der Waals surface area contributed by atoms with E-state index in [9.17, 15) is 4.79 Å². The molecule has 2 rings (SSSR count). The summed E-state index contributed by atoms with van der Waals surface area (Å²) in [7, 11) is 3.55. The van der Waals surface area contributed by atoms with E-state index in [2.05, 4.69) is 15.3 Å². The van der Waals surface area contributed by atoms with Crippen LogP contribution in [-0.4, -0.2) is 36.5 Å². The van der Waals surface area contributed by atoms with Crippen LogP contribution in [0.5, 0.6) is 0 Å². The van der Waals surface area contributed by atoms with E-state index >= 15 is 0 Å². The Hall–Kier alpha value is -1.95. The topological polar surface area (TPSA) is 58.1 Å². The summed E-state index contributed by atoms with van der Waals surface area (Å²) >= 11 is 1.64. The smallest absolute Gasteiger partial charge is 0.254 e. The average molecular weight is 276 g/mol. The van der Waals surface area contributed by atoms with E-state index < -0.39 is 0 Å². The highest BCUT2D eigenvalue weighted by atomic mass is 32.1. The summed E-state index contributed by atoms with van der Waals surface area (Å²) in [5.41, 5.74) is 0.589. The van der Waals surface area contributed by atoms with Crippen molar-refractivity contribution < 1.29 is 4.79 Å². The van der Waals surface area contributed by atoms with E-state index in [0.29, 0.717) is 11.4 Å². The van der Waals surface area contributed by atoms with Crippen LogP contribution in [0.25, 0.3) is 0 Å². The van der Waals surface area contributed by atoms with Gasteiger partial charge in [0.15, 0.2) is 0 Å². The number of pyridine rings is 1. The first kappa shape index (κ1) is 13.5. The lowest BCUT2D eigenvalue weighted by Gasteiger charge is -2.19. The Balaban J connectivity index is 2.10. The predicted molar refractivity (Wildman–Crippen MR) is 76.7 cm³/mol. The number of hydrogen-bond acceptors (Lipinski definition) is 5. The normalized spacial score (nSPS) is 10.2. The third kappa shape index (κ3) is 3.29. The predicted octanol–water partition coefficient (Wildman–Crippen LogP) is 1.58. The molecule has 2 aromatic heterocycles. The number of carbonyl (C=O) groups excluding carboxylic acids is 1. The molecule has 0 saturated heterocycles. The standard InChI is InChI=1S/C13H16N4OS/c1-14-13(18)10-4-3-6-16-12(10)17(2)8-5-11-15-7-9-19-11/h3-4,6-7,9H,5,8H2,1-2H3,(H,14,18). The van der Waals surface area contributed by atoms with Crippen LogP contribution in [0, 0.1) is 0 Å². The second-order valence-corrected chi connectivity index (χ2v) is 5.03. The van der Waals surface area contributed by atoms with Gasteiger partial charge in [0.25, 0.3) is 5.91 Å². The molecule has 0 atom stereocenters. The zero-order valence-corrected chi connectivity index (χ0v) is 11.8. The molecular weight excluding hydrogens is 260 g/mol. The molecular formula is C13H16N4OS. The molecule has 100 valence electrons. The summed E-state index contributed by atoms with van der Waals surface area (Å²) in [4.78, 5) is 22.3. The summed E-state index contributed by atoms with van der Waals surface area (Å²) < 4.78 is 0. The van der Waals surface area contributed by atoms with Crippen LogP contribution in [0.1, 0.15) is 15.4 Å². The maximum absolute atomic E-state index is 11.8. The van der Waals surface area contributed by atoms with Crippen molar-refractivity contribution in [2.24, 2.45) is 0 Å². The van der Waals surface area contributed by atoms with Crippen molar-refractivity contribution in [2.75, 3.05) is 25.5 Å². The Kier molecular flexibility index (Phi) is 4.46. The summed E-state index contributed by atoms with van der Waals surface area (Å²) in [5, 5.41) is 5.68. The van der Waals surface area contributed by atoms with Gasteiger partial charge in [0, 0.05) is 44.8 Å². The molecule has 0 radical (unpaired) electrons. The summed E-state index contributed by atoms with van der Waals surface area (Å²) in [5.74, 6) is 0.572. The second kappa shape index (κ2) is 6.29. The maximum atomic E-state index is 11.8. The molecule has 0 aliphatic heterocycles. The molecule has 5 nitrogen and oxygen atoms in total. The number of hydrogen-bond donors (Lipinski definition) is 1. The van der Waals surface area contributed by atoms with E-state index in [1.165, 1.54) is 0 Å². The minimum absolute atomic E-state index is 0.121. The molecule has 0 spiro atoms. The van der Waals surface area contributed by atoms with Crippen molar-refractivity contribution in [1.29, 1.82) is 0 Å². The number of nitrogens with one attached hydrogen (secondary N) is 1. The van der Waals surface area contributed by atoms with Gasteiger partial charge in [0.05, 0.1) is 10.6 Å². The van der Waals surface area contributed by atoms with Gasteiger partial charge in [0.1, 0.15) is 5.82 Å². The molecule has 0 aliphatic carbocycles. The first-order chi connectivity index (χ1) is 9.22. The van der Waals surface area contributed by atoms with Gasteiger partial charge < -0.3 is 10.2 Å². The van der Waals surface area contributed by atoms with Gasteiger partial charge in [-0.1, -0.05) is 0 Å². The van der Waals surface area contributed by atoms with Crippen molar-refractivity contribution >= 4 is 23.1 Å². The van der Waals surface area contributed by atoms with Gasteiger partial charge in [0.2, 0.25) is 0 Å². The molecule has 19 heavy (non-hydrogen) atoms. The van der Waals surface area contributed by atoms with Crippen molar-refractivity contribution in [1.82, 2.24) is 15.3 Å². The Morgan fingerprint density at radius 2 is 2.26 bits per heavy atom. The number of nitrogens with zero attached hydrogens (tertiary/aromatic N) is 3. The van der Waals surface area contributed by atoms with Gasteiger partial charge >= 0.3 is 0 Å². The lowest BCUT2D eigenvalue weighted by Crippen LogP contribution is -2.26. The minimum atomic E-state index is -0.121. The maximum Gasteiger partial charge on any atom is 0.254 e. The zero-order valence-electron chi connectivity index (χ0n) is 11.0. The fourth-order valence-electron chi connectivity index (χ4n) is 1.76. The minimum Gasteiger partial charge on any atom is -0.359 e. The van der Waals surface area contributed by atoms with Crippen LogP contribution in [-0.2, 0) is 6.42 Å². The first-order valence-electron chi connectivity index (χ1n) is 5.99. The van der Waals surface area contributed by atoms with Crippen LogP contribution < -0.4 is 10.2 Å². The highest BCUT2D eigenvalue weighted by molar-refractivity contribution is 7.09. The highest BCUT2D eigenvalue weighted by Crippen LogP contribution is 2.16. The molecule has 2 aromatic rings. The molecule has 0 aromatic carbocycles. The van der Waals surface area contributed by atoms with Gasteiger partial charge in [-0.05, 0) is 12.1 Å². The summed E-state index contributed by atoms with van der Waals surface area (Å²) in [6.45, 7) is 0.772. The first-order valence-corrected chi connectivity index (χ1v) is 6.87. The number of likely N-dealkylation sites (N-methyl/N-ethyl adjacent to an activating group) is 1. The molecule has 0 saturated carbocycles. The SMILES string of the molecule is CNC(=O)c1cccnc1N(C)CCc1nccs1. The number of rotatable bonds is 5.